The van der Waals surface area contributed by atoms with Crippen molar-refractivity contribution in [2.45, 2.75) is 26.7 Å². The minimum atomic E-state index is -1.67. The summed E-state index contributed by atoms with van der Waals surface area (Å²) in [5.74, 6) is -5.53. The van der Waals surface area contributed by atoms with Crippen LogP contribution in [0.5, 0.6) is 0 Å². The summed E-state index contributed by atoms with van der Waals surface area (Å²) in [6, 6.07) is 7.31. The van der Waals surface area contributed by atoms with Crippen molar-refractivity contribution in [3.8, 4) is 0 Å². The molecule has 2 aromatic carbocycles. The fourth-order valence-electron chi connectivity index (χ4n) is 3.15. The van der Waals surface area contributed by atoms with E-state index in [1.165, 1.54) is 11.2 Å². The van der Waals surface area contributed by atoms with Gasteiger partial charge in [0, 0.05) is 17.5 Å². The Hall–Kier alpha value is -3.29. The van der Waals surface area contributed by atoms with Crippen LogP contribution >= 0.6 is 0 Å². The minimum absolute atomic E-state index is 0.0306. The molecule has 0 aliphatic heterocycles. The largest absolute Gasteiger partial charge is 0.464 e. The molecule has 0 saturated heterocycles. The summed E-state index contributed by atoms with van der Waals surface area (Å²) in [6.45, 7) is 3.74. The van der Waals surface area contributed by atoms with Crippen molar-refractivity contribution in [3.63, 3.8) is 0 Å². The zero-order valence-corrected chi connectivity index (χ0v) is 16.6. The van der Waals surface area contributed by atoms with E-state index in [1.807, 2.05) is 32.0 Å². The van der Waals surface area contributed by atoms with Gasteiger partial charge in [-0.05, 0) is 37.1 Å². The van der Waals surface area contributed by atoms with Crippen LogP contribution in [0, 0.1) is 24.4 Å². The second kappa shape index (κ2) is 9.02. The number of halogens is 3. The fourth-order valence-corrected chi connectivity index (χ4v) is 3.15. The molecule has 3 aromatic rings. The number of furan rings is 1. The average Bonchev–Trinajstić information content (AvgIpc) is 3.09. The first kappa shape index (κ1) is 21.4. The van der Waals surface area contributed by atoms with E-state index >= 15 is 0 Å². The fraction of sp³-hybridized carbons (Fsp3) is 0.273. The van der Waals surface area contributed by atoms with E-state index in [-0.39, 0.29) is 18.9 Å². The number of fused-ring (bicyclic) bond motifs is 1. The number of rotatable bonds is 7. The number of hydrogen-bond acceptors (Lipinski definition) is 3. The van der Waals surface area contributed by atoms with Crippen LogP contribution in [-0.2, 0) is 16.0 Å². The molecule has 1 aromatic heterocycles. The molecular formula is C22H21F3N2O3. The third-order valence-electron chi connectivity index (χ3n) is 4.64. The molecule has 0 fully saturated rings. The molecule has 0 radical (unpaired) electrons. The van der Waals surface area contributed by atoms with Gasteiger partial charge in [-0.2, -0.15) is 0 Å². The Balaban J connectivity index is 1.70. The van der Waals surface area contributed by atoms with Gasteiger partial charge in [0.2, 0.25) is 11.8 Å². The maximum absolute atomic E-state index is 13.8. The monoisotopic (exact) mass is 418 g/mol. The summed E-state index contributed by atoms with van der Waals surface area (Å²) >= 11 is 0. The van der Waals surface area contributed by atoms with Gasteiger partial charge in [0.05, 0.1) is 24.9 Å². The predicted octanol–water partition coefficient (Wildman–Crippen LogP) is 4.58. The molecule has 158 valence electrons. The maximum atomic E-state index is 13.8. The van der Waals surface area contributed by atoms with Crippen LogP contribution in [-0.4, -0.2) is 29.8 Å². The number of hydrogen-bond donors (Lipinski definition) is 1. The van der Waals surface area contributed by atoms with E-state index in [1.54, 1.807) is 0 Å². The molecule has 0 aliphatic rings. The first-order chi connectivity index (χ1) is 14.3. The third-order valence-corrected chi connectivity index (χ3v) is 4.64. The van der Waals surface area contributed by atoms with E-state index < -0.39 is 29.0 Å². The maximum Gasteiger partial charge on any atom is 0.244 e. The van der Waals surface area contributed by atoms with Crippen LogP contribution in [0.25, 0.3) is 11.0 Å². The number of benzene rings is 2. The lowest BCUT2D eigenvalue weighted by Crippen LogP contribution is -2.39. The van der Waals surface area contributed by atoms with Crippen LogP contribution < -0.4 is 5.32 Å². The molecule has 1 heterocycles. The van der Waals surface area contributed by atoms with Crippen molar-refractivity contribution >= 4 is 28.5 Å². The van der Waals surface area contributed by atoms with Gasteiger partial charge in [-0.25, -0.2) is 13.2 Å². The lowest BCUT2D eigenvalue weighted by Gasteiger charge is -2.21. The highest BCUT2D eigenvalue weighted by Crippen LogP contribution is 2.23. The quantitative estimate of drug-likeness (QED) is 0.572. The Labute approximate surface area is 171 Å². The van der Waals surface area contributed by atoms with Gasteiger partial charge in [0.15, 0.2) is 17.5 Å². The highest BCUT2D eigenvalue weighted by molar-refractivity contribution is 5.95. The topological polar surface area (TPSA) is 62.6 Å². The highest BCUT2D eigenvalue weighted by Gasteiger charge is 2.21. The van der Waals surface area contributed by atoms with Crippen molar-refractivity contribution in [1.29, 1.82) is 0 Å². The van der Waals surface area contributed by atoms with Gasteiger partial charge in [0.1, 0.15) is 5.58 Å². The molecule has 2 amide bonds. The van der Waals surface area contributed by atoms with Gasteiger partial charge < -0.3 is 14.6 Å². The van der Waals surface area contributed by atoms with Crippen molar-refractivity contribution in [1.82, 2.24) is 4.90 Å². The Morgan fingerprint density at radius 2 is 1.87 bits per heavy atom. The van der Waals surface area contributed by atoms with Gasteiger partial charge in [-0.3, -0.25) is 9.59 Å². The van der Waals surface area contributed by atoms with Gasteiger partial charge in [-0.15, -0.1) is 0 Å². The normalized spacial score (nSPS) is 11.0. The van der Waals surface area contributed by atoms with Gasteiger partial charge in [-0.1, -0.05) is 19.1 Å². The van der Waals surface area contributed by atoms with E-state index in [9.17, 15) is 22.8 Å². The number of carbonyl (C=O) groups excluding carboxylic acids is 2. The molecule has 1 N–H and O–H groups in total. The summed E-state index contributed by atoms with van der Waals surface area (Å²) in [5, 5.41) is 3.00. The second-order valence-corrected chi connectivity index (χ2v) is 7.02. The van der Waals surface area contributed by atoms with Crippen molar-refractivity contribution in [2.24, 2.45) is 0 Å². The molecule has 3 rings (SSSR count). The molecule has 0 unspecified atom stereocenters. The van der Waals surface area contributed by atoms with E-state index in [4.69, 9.17) is 4.42 Å². The SMILES string of the molecule is CCCN(CC(=O)Nc1ccc(F)c(F)c1F)C(=O)Cc1coc2cc(C)ccc12. The Bertz CT molecular complexity index is 1090. The summed E-state index contributed by atoms with van der Waals surface area (Å²) in [7, 11) is 0. The summed E-state index contributed by atoms with van der Waals surface area (Å²) in [6.07, 6.45) is 2.15. The number of carbonyl (C=O) groups is 2. The number of anilines is 1. The number of amides is 2. The van der Waals surface area contributed by atoms with Gasteiger partial charge in [0.25, 0.3) is 0 Å². The standard InChI is InChI=1S/C22H21F3N2O3/c1-3-8-27(11-19(28)26-17-7-6-16(23)21(24)22(17)25)20(29)10-14-12-30-18-9-13(2)4-5-15(14)18/h4-7,9,12H,3,8,10-11H2,1-2H3,(H,26,28). The minimum Gasteiger partial charge on any atom is -0.464 e. The summed E-state index contributed by atoms with van der Waals surface area (Å²) in [4.78, 5) is 26.4. The number of nitrogens with one attached hydrogen (secondary N) is 1. The molecule has 30 heavy (non-hydrogen) atoms. The Morgan fingerprint density at radius 1 is 1.10 bits per heavy atom. The van der Waals surface area contributed by atoms with Crippen molar-refractivity contribution < 1.29 is 27.2 Å². The van der Waals surface area contributed by atoms with Crippen LogP contribution in [0.1, 0.15) is 24.5 Å². The smallest absolute Gasteiger partial charge is 0.244 e. The van der Waals surface area contributed by atoms with E-state index in [0.717, 1.165) is 17.0 Å². The Morgan fingerprint density at radius 3 is 2.60 bits per heavy atom. The summed E-state index contributed by atoms with van der Waals surface area (Å²) in [5.41, 5.74) is 1.91. The zero-order chi connectivity index (χ0) is 21.8. The Kier molecular flexibility index (Phi) is 6.44. The summed E-state index contributed by atoms with van der Waals surface area (Å²) < 4.78 is 45.7. The first-order valence-corrected chi connectivity index (χ1v) is 9.48. The molecule has 0 spiro atoms. The van der Waals surface area contributed by atoms with E-state index in [2.05, 4.69) is 5.32 Å². The predicted molar refractivity (Wildman–Crippen MR) is 106 cm³/mol. The zero-order valence-electron chi connectivity index (χ0n) is 16.6. The van der Waals surface area contributed by atoms with Crippen molar-refractivity contribution in [2.75, 3.05) is 18.4 Å². The van der Waals surface area contributed by atoms with E-state index in [0.29, 0.717) is 30.2 Å². The molecule has 0 bridgehead atoms. The molecule has 0 aliphatic carbocycles. The van der Waals surface area contributed by atoms with Crippen LogP contribution in [0.2, 0.25) is 0 Å². The van der Waals surface area contributed by atoms with Crippen LogP contribution in [0.4, 0.5) is 18.9 Å². The highest BCUT2D eigenvalue weighted by atomic mass is 19.2. The van der Waals surface area contributed by atoms with Crippen LogP contribution in [0.3, 0.4) is 0 Å². The van der Waals surface area contributed by atoms with Crippen molar-refractivity contribution in [3.05, 3.63) is 65.2 Å². The lowest BCUT2D eigenvalue weighted by molar-refractivity contribution is -0.134. The number of aryl methyl sites for hydroxylation is 1. The molecule has 8 heteroatoms. The number of nitrogens with zero attached hydrogens (tertiary/aromatic N) is 1. The van der Waals surface area contributed by atoms with Gasteiger partial charge >= 0.3 is 0 Å². The average molecular weight is 418 g/mol. The molecular weight excluding hydrogens is 397 g/mol. The molecule has 0 atom stereocenters. The molecule has 0 saturated carbocycles. The van der Waals surface area contributed by atoms with Crippen LogP contribution in [0.15, 0.2) is 41.0 Å². The third kappa shape index (κ3) is 4.64. The lowest BCUT2D eigenvalue weighted by atomic mass is 10.1. The first-order valence-electron chi connectivity index (χ1n) is 9.48. The molecule has 5 nitrogen and oxygen atoms in total. The second-order valence-electron chi connectivity index (χ2n) is 7.02.